The summed E-state index contributed by atoms with van der Waals surface area (Å²) in [5.74, 6) is 0.712. The van der Waals surface area contributed by atoms with Crippen molar-refractivity contribution < 1.29 is 0 Å². The van der Waals surface area contributed by atoms with Crippen LogP contribution in [0.25, 0.3) is 0 Å². The molecular formula is C13H17Cl2N. The second kappa shape index (κ2) is 5.29. The van der Waals surface area contributed by atoms with E-state index in [2.05, 4.69) is 12.2 Å². The lowest BCUT2D eigenvalue weighted by atomic mass is 9.86. The molecule has 0 heterocycles. The Bertz CT molecular complexity index is 365. The predicted molar refractivity (Wildman–Crippen MR) is 71.5 cm³/mol. The van der Waals surface area contributed by atoms with Crippen LogP contribution in [0.4, 0.5) is 5.69 Å². The summed E-state index contributed by atoms with van der Waals surface area (Å²) in [5.41, 5.74) is 0.966. The van der Waals surface area contributed by atoms with Gasteiger partial charge in [-0.25, -0.2) is 0 Å². The van der Waals surface area contributed by atoms with E-state index >= 15 is 0 Å². The Kier molecular flexibility index (Phi) is 3.99. The van der Waals surface area contributed by atoms with Gasteiger partial charge in [0.15, 0.2) is 0 Å². The van der Waals surface area contributed by atoms with Crippen molar-refractivity contribution in [2.24, 2.45) is 5.92 Å². The van der Waals surface area contributed by atoms with Crippen LogP contribution in [0.5, 0.6) is 0 Å². The molecule has 0 spiro atoms. The molecule has 0 saturated heterocycles. The van der Waals surface area contributed by atoms with Gasteiger partial charge in [-0.05, 0) is 30.9 Å². The molecule has 16 heavy (non-hydrogen) atoms. The number of anilines is 1. The van der Waals surface area contributed by atoms with Gasteiger partial charge in [0, 0.05) is 6.04 Å². The molecule has 2 rings (SSSR count). The van der Waals surface area contributed by atoms with Gasteiger partial charge in [0.25, 0.3) is 0 Å². The summed E-state index contributed by atoms with van der Waals surface area (Å²) in [7, 11) is 0. The molecule has 1 aliphatic rings. The molecule has 1 fully saturated rings. The highest BCUT2D eigenvalue weighted by Crippen LogP contribution is 2.33. The summed E-state index contributed by atoms with van der Waals surface area (Å²) < 4.78 is 0. The average molecular weight is 258 g/mol. The van der Waals surface area contributed by atoms with Crippen LogP contribution in [0.2, 0.25) is 10.0 Å². The van der Waals surface area contributed by atoms with E-state index < -0.39 is 0 Å². The normalized spacial score (nSPS) is 25.4. The van der Waals surface area contributed by atoms with Crippen LogP contribution in [0.1, 0.15) is 32.6 Å². The molecule has 3 heteroatoms. The summed E-state index contributed by atoms with van der Waals surface area (Å²) in [4.78, 5) is 0. The zero-order valence-corrected chi connectivity index (χ0v) is 11.0. The first-order valence-electron chi connectivity index (χ1n) is 5.89. The Balaban J connectivity index is 2.10. The van der Waals surface area contributed by atoms with E-state index in [1.807, 2.05) is 18.2 Å². The standard InChI is InChI=1S/C13H17Cl2N/c1-9-5-2-3-7-11(9)16-12-8-4-6-10(14)13(12)15/h4,6,8-9,11,16H,2-3,5,7H2,1H3. The fraction of sp³-hybridized carbons (Fsp3) is 0.538. The molecule has 1 aromatic carbocycles. The topological polar surface area (TPSA) is 12.0 Å². The van der Waals surface area contributed by atoms with Crippen molar-refractivity contribution in [2.75, 3.05) is 5.32 Å². The number of rotatable bonds is 2. The highest BCUT2D eigenvalue weighted by atomic mass is 35.5. The van der Waals surface area contributed by atoms with Crippen molar-refractivity contribution in [1.29, 1.82) is 0 Å². The molecule has 0 amide bonds. The summed E-state index contributed by atoms with van der Waals surface area (Å²) in [6.45, 7) is 2.30. The number of nitrogens with one attached hydrogen (secondary N) is 1. The van der Waals surface area contributed by atoms with Gasteiger partial charge in [0.2, 0.25) is 0 Å². The molecule has 0 aromatic heterocycles. The molecule has 1 aromatic rings. The van der Waals surface area contributed by atoms with E-state index in [0.717, 1.165) is 5.69 Å². The molecular weight excluding hydrogens is 241 g/mol. The minimum Gasteiger partial charge on any atom is -0.381 e. The van der Waals surface area contributed by atoms with Crippen LogP contribution in [-0.2, 0) is 0 Å². The smallest absolute Gasteiger partial charge is 0.0823 e. The van der Waals surface area contributed by atoms with Gasteiger partial charge in [-0.3, -0.25) is 0 Å². The molecule has 0 radical (unpaired) electrons. The molecule has 1 aliphatic carbocycles. The molecule has 0 bridgehead atoms. The molecule has 2 atom stereocenters. The van der Waals surface area contributed by atoms with Crippen molar-refractivity contribution in [1.82, 2.24) is 0 Å². The Morgan fingerprint density at radius 3 is 2.69 bits per heavy atom. The maximum Gasteiger partial charge on any atom is 0.0823 e. The van der Waals surface area contributed by atoms with Gasteiger partial charge >= 0.3 is 0 Å². The monoisotopic (exact) mass is 257 g/mol. The number of hydrogen-bond acceptors (Lipinski definition) is 1. The third kappa shape index (κ3) is 2.64. The van der Waals surface area contributed by atoms with E-state index in [9.17, 15) is 0 Å². The van der Waals surface area contributed by atoms with E-state index in [1.54, 1.807) is 0 Å². The van der Waals surface area contributed by atoms with Gasteiger partial charge in [0.1, 0.15) is 0 Å². The quantitative estimate of drug-likeness (QED) is 0.788. The predicted octanol–water partition coefficient (Wildman–Crippen LogP) is 4.98. The molecule has 2 unspecified atom stereocenters. The maximum atomic E-state index is 6.17. The first-order chi connectivity index (χ1) is 7.68. The number of halogens is 2. The molecule has 88 valence electrons. The first kappa shape index (κ1) is 12.1. The zero-order chi connectivity index (χ0) is 11.5. The SMILES string of the molecule is CC1CCCCC1Nc1cccc(Cl)c1Cl. The van der Waals surface area contributed by atoms with E-state index in [1.165, 1.54) is 25.7 Å². The highest BCUT2D eigenvalue weighted by molar-refractivity contribution is 6.43. The Labute approximate surface area is 107 Å². The lowest BCUT2D eigenvalue weighted by molar-refractivity contribution is 0.349. The fourth-order valence-electron chi connectivity index (χ4n) is 2.35. The van der Waals surface area contributed by atoms with Crippen molar-refractivity contribution in [3.63, 3.8) is 0 Å². The summed E-state index contributed by atoms with van der Waals surface area (Å²) in [6, 6.07) is 6.28. The third-order valence-electron chi connectivity index (χ3n) is 3.40. The van der Waals surface area contributed by atoms with E-state index in [-0.39, 0.29) is 0 Å². The number of hydrogen-bond donors (Lipinski definition) is 1. The summed E-state index contributed by atoms with van der Waals surface area (Å²) in [6.07, 6.45) is 5.18. The van der Waals surface area contributed by atoms with Gasteiger partial charge in [-0.15, -0.1) is 0 Å². The van der Waals surface area contributed by atoms with E-state index in [0.29, 0.717) is 22.0 Å². The van der Waals surface area contributed by atoms with Crippen molar-refractivity contribution in [2.45, 2.75) is 38.6 Å². The second-order valence-corrected chi connectivity index (χ2v) is 5.40. The lowest BCUT2D eigenvalue weighted by Crippen LogP contribution is -2.30. The van der Waals surface area contributed by atoms with Gasteiger partial charge in [-0.1, -0.05) is 49.0 Å². The van der Waals surface area contributed by atoms with Crippen LogP contribution >= 0.6 is 23.2 Å². The Hall–Kier alpha value is -0.400. The lowest BCUT2D eigenvalue weighted by Gasteiger charge is -2.30. The fourth-order valence-corrected chi connectivity index (χ4v) is 2.70. The van der Waals surface area contributed by atoms with Gasteiger partial charge in [0.05, 0.1) is 15.7 Å². The van der Waals surface area contributed by atoms with Crippen LogP contribution in [0.3, 0.4) is 0 Å². The maximum absolute atomic E-state index is 6.17. The minimum atomic E-state index is 0.532. The molecule has 0 aliphatic heterocycles. The largest absolute Gasteiger partial charge is 0.381 e. The summed E-state index contributed by atoms with van der Waals surface area (Å²) in [5, 5.41) is 4.78. The van der Waals surface area contributed by atoms with Crippen molar-refractivity contribution in [3.8, 4) is 0 Å². The van der Waals surface area contributed by atoms with Gasteiger partial charge < -0.3 is 5.32 Å². The number of benzene rings is 1. The molecule has 1 saturated carbocycles. The Morgan fingerprint density at radius 1 is 1.19 bits per heavy atom. The Morgan fingerprint density at radius 2 is 1.94 bits per heavy atom. The minimum absolute atomic E-state index is 0.532. The molecule has 1 nitrogen and oxygen atoms in total. The molecule has 1 N–H and O–H groups in total. The van der Waals surface area contributed by atoms with Crippen LogP contribution in [0.15, 0.2) is 18.2 Å². The van der Waals surface area contributed by atoms with Crippen LogP contribution in [0, 0.1) is 5.92 Å². The second-order valence-electron chi connectivity index (χ2n) is 4.61. The van der Waals surface area contributed by atoms with Crippen LogP contribution < -0.4 is 5.32 Å². The van der Waals surface area contributed by atoms with Crippen molar-refractivity contribution in [3.05, 3.63) is 28.2 Å². The van der Waals surface area contributed by atoms with Crippen molar-refractivity contribution >= 4 is 28.9 Å². The average Bonchev–Trinajstić information content (AvgIpc) is 2.28. The van der Waals surface area contributed by atoms with Gasteiger partial charge in [-0.2, -0.15) is 0 Å². The first-order valence-corrected chi connectivity index (χ1v) is 6.64. The van der Waals surface area contributed by atoms with Crippen LogP contribution in [-0.4, -0.2) is 6.04 Å². The zero-order valence-electron chi connectivity index (χ0n) is 9.47. The van der Waals surface area contributed by atoms with E-state index in [4.69, 9.17) is 23.2 Å². The third-order valence-corrected chi connectivity index (χ3v) is 4.22. The highest BCUT2D eigenvalue weighted by Gasteiger charge is 2.21. The summed E-state index contributed by atoms with van der Waals surface area (Å²) >= 11 is 12.2.